The quantitative estimate of drug-likeness (QED) is 0.232. The second-order valence-electron chi connectivity index (χ2n) is 7.70. The number of phenolic OH excluding ortho intramolecular Hbond substituents is 1. The van der Waals surface area contributed by atoms with Gasteiger partial charge in [-0.2, -0.15) is 0 Å². The van der Waals surface area contributed by atoms with Crippen molar-refractivity contribution in [3.63, 3.8) is 0 Å². The van der Waals surface area contributed by atoms with Gasteiger partial charge in [0.1, 0.15) is 5.75 Å². The predicted molar refractivity (Wildman–Crippen MR) is 119 cm³/mol. The van der Waals surface area contributed by atoms with Crippen LogP contribution in [0.25, 0.3) is 0 Å². The summed E-state index contributed by atoms with van der Waals surface area (Å²) < 4.78 is 0. The first-order valence-electron chi connectivity index (χ1n) is 10.2. The number of hydrogen-bond acceptors (Lipinski definition) is 8. The number of carbonyl (C=O) groups is 5. The Morgan fingerprint density at radius 1 is 0.629 bits per heavy atom. The number of hydrogen-bond donors (Lipinski definition) is 5. The van der Waals surface area contributed by atoms with Crippen LogP contribution >= 0.6 is 0 Å². The number of nitrogens with zero attached hydrogens (tertiary/aromatic N) is 2. The lowest BCUT2D eigenvalue weighted by Gasteiger charge is -2.24. The molecule has 12 heteroatoms. The third kappa shape index (κ3) is 8.53. The lowest BCUT2D eigenvalue weighted by Crippen LogP contribution is -2.35. The Labute approximate surface area is 199 Å². The molecule has 2 rings (SSSR count). The van der Waals surface area contributed by atoms with Crippen molar-refractivity contribution in [3.8, 4) is 5.75 Å². The van der Waals surface area contributed by atoms with Gasteiger partial charge in [-0.25, -0.2) is 0 Å². The van der Waals surface area contributed by atoms with E-state index < -0.39 is 55.8 Å². The first kappa shape index (κ1) is 27.0. The van der Waals surface area contributed by atoms with Gasteiger partial charge >= 0.3 is 23.9 Å². The smallest absolute Gasteiger partial charge is 0.317 e. The maximum absolute atomic E-state index is 13.5. The summed E-state index contributed by atoms with van der Waals surface area (Å²) in [6.45, 7) is -3.35. The molecule has 0 heterocycles. The third-order valence-electron chi connectivity index (χ3n) is 4.77. The SMILES string of the molecule is O=C(O)CN(CC(=O)O)Cc1cc(O)cc(CN(CC(=O)O)CC(=O)O)c1C(=O)c1ccccc1. The van der Waals surface area contributed by atoms with Crippen molar-refractivity contribution in [1.82, 2.24) is 9.80 Å². The Balaban J connectivity index is 2.63. The summed E-state index contributed by atoms with van der Waals surface area (Å²) in [5.74, 6) is -6.13. The lowest BCUT2D eigenvalue weighted by atomic mass is 9.92. The van der Waals surface area contributed by atoms with Crippen LogP contribution in [-0.4, -0.2) is 91.2 Å². The van der Waals surface area contributed by atoms with E-state index in [1.165, 1.54) is 24.3 Å². The van der Waals surface area contributed by atoms with Gasteiger partial charge in [0.25, 0.3) is 0 Å². The highest BCUT2D eigenvalue weighted by molar-refractivity contribution is 6.11. The second kappa shape index (κ2) is 12.3. The lowest BCUT2D eigenvalue weighted by molar-refractivity contribution is -0.144. The zero-order chi connectivity index (χ0) is 26.1. The number of phenols is 1. The molecule has 12 nitrogen and oxygen atoms in total. The van der Waals surface area contributed by atoms with Crippen molar-refractivity contribution in [2.24, 2.45) is 0 Å². The molecule has 0 unspecified atom stereocenters. The van der Waals surface area contributed by atoms with Crippen molar-refractivity contribution in [3.05, 3.63) is 64.7 Å². The van der Waals surface area contributed by atoms with Gasteiger partial charge in [-0.05, 0) is 23.3 Å². The van der Waals surface area contributed by atoms with Crippen molar-refractivity contribution < 1.29 is 49.5 Å². The van der Waals surface area contributed by atoms with Crippen LogP contribution in [0.1, 0.15) is 27.0 Å². The van der Waals surface area contributed by atoms with E-state index in [1.54, 1.807) is 18.2 Å². The Hall–Kier alpha value is -4.29. The summed E-state index contributed by atoms with van der Waals surface area (Å²) in [4.78, 5) is 60.5. The molecule has 0 fully saturated rings. The molecule has 0 aliphatic rings. The molecule has 0 aromatic heterocycles. The molecule has 0 aliphatic heterocycles. The fraction of sp³-hybridized carbons (Fsp3) is 0.261. The normalized spacial score (nSPS) is 10.9. The van der Waals surface area contributed by atoms with Gasteiger partial charge in [0.15, 0.2) is 5.78 Å². The minimum atomic E-state index is -1.31. The average molecular weight is 488 g/mol. The number of carboxylic acids is 4. The van der Waals surface area contributed by atoms with Gasteiger partial charge in [0.2, 0.25) is 0 Å². The summed E-state index contributed by atoms with van der Waals surface area (Å²) in [6, 6.07) is 10.3. The Bertz CT molecular complexity index is 1030. The number of aromatic hydroxyl groups is 1. The minimum absolute atomic E-state index is 0.0180. The highest BCUT2D eigenvalue weighted by Gasteiger charge is 2.25. The fourth-order valence-corrected chi connectivity index (χ4v) is 3.61. The molecule has 2 aromatic carbocycles. The molecule has 0 radical (unpaired) electrons. The summed E-state index contributed by atoms with van der Waals surface area (Å²) >= 11 is 0. The molecule has 5 N–H and O–H groups in total. The summed E-state index contributed by atoms with van der Waals surface area (Å²) in [7, 11) is 0. The number of carboxylic acid groups (broad SMARTS) is 4. The van der Waals surface area contributed by atoms with E-state index in [0.29, 0.717) is 0 Å². The van der Waals surface area contributed by atoms with E-state index in [2.05, 4.69) is 0 Å². The van der Waals surface area contributed by atoms with E-state index in [-0.39, 0.29) is 41.1 Å². The van der Waals surface area contributed by atoms with E-state index in [1.807, 2.05) is 0 Å². The molecule has 0 aliphatic carbocycles. The van der Waals surface area contributed by atoms with E-state index in [0.717, 1.165) is 9.80 Å². The molecular weight excluding hydrogens is 464 g/mol. The maximum atomic E-state index is 13.5. The molecule has 0 spiro atoms. The van der Waals surface area contributed by atoms with Crippen LogP contribution in [0.2, 0.25) is 0 Å². The first-order valence-corrected chi connectivity index (χ1v) is 10.2. The van der Waals surface area contributed by atoms with Gasteiger partial charge in [-0.1, -0.05) is 30.3 Å². The summed E-state index contributed by atoms with van der Waals surface area (Å²) in [5.41, 5.74) is 0.409. The molecule has 0 amide bonds. The van der Waals surface area contributed by atoms with Crippen molar-refractivity contribution >= 4 is 29.7 Å². The number of carbonyl (C=O) groups excluding carboxylic acids is 1. The highest BCUT2D eigenvalue weighted by atomic mass is 16.4. The average Bonchev–Trinajstić information content (AvgIpc) is 2.71. The van der Waals surface area contributed by atoms with Crippen LogP contribution < -0.4 is 0 Å². The standard InChI is InChI=1S/C23H24N2O10/c26-17-6-15(8-24(10-18(27)28)11-19(29)30)22(23(35)14-4-2-1-3-5-14)16(7-17)9-25(12-20(31)32)13-21(33)34/h1-7,26H,8-13H2,(H,27,28)(H,29,30)(H,31,32)(H,33,34). The molecule has 0 atom stereocenters. The summed E-state index contributed by atoms with van der Waals surface area (Å²) in [5, 5.41) is 46.9. The van der Waals surface area contributed by atoms with Crippen LogP contribution in [0.3, 0.4) is 0 Å². The Morgan fingerprint density at radius 3 is 1.34 bits per heavy atom. The topological polar surface area (TPSA) is 193 Å². The maximum Gasteiger partial charge on any atom is 0.317 e. The van der Waals surface area contributed by atoms with Crippen LogP contribution in [0, 0.1) is 0 Å². The third-order valence-corrected chi connectivity index (χ3v) is 4.77. The van der Waals surface area contributed by atoms with Crippen LogP contribution in [-0.2, 0) is 32.3 Å². The van der Waals surface area contributed by atoms with E-state index in [4.69, 9.17) is 20.4 Å². The van der Waals surface area contributed by atoms with Gasteiger partial charge in [-0.3, -0.25) is 33.8 Å². The monoisotopic (exact) mass is 488 g/mol. The Kier molecular flexibility index (Phi) is 9.44. The zero-order valence-electron chi connectivity index (χ0n) is 18.5. The number of benzene rings is 2. The molecule has 0 bridgehead atoms. The first-order chi connectivity index (χ1) is 16.5. The largest absolute Gasteiger partial charge is 0.508 e. The molecule has 0 saturated heterocycles. The van der Waals surface area contributed by atoms with Crippen molar-refractivity contribution in [2.45, 2.75) is 13.1 Å². The van der Waals surface area contributed by atoms with E-state index in [9.17, 15) is 29.1 Å². The molecule has 0 saturated carbocycles. The van der Waals surface area contributed by atoms with Crippen molar-refractivity contribution in [2.75, 3.05) is 26.2 Å². The highest BCUT2D eigenvalue weighted by Crippen LogP contribution is 2.27. The van der Waals surface area contributed by atoms with Gasteiger partial charge in [0.05, 0.1) is 26.2 Å². The molecule has 35 heavy (non-hydrogen) atoms. The molecule has 186 valence electrons. The van der Waals surface area contributed by atoms with E-state index >= 15 is 0 Å². The predicted octanol–water partition coefficient (Wildman–Crippen LogP) is 0.566. The molecule has 2 aromatic rings. The summed E-state index contributed by atoms with van der Waals surface area (Å²) in [6.07, 6.45) is 0. The van der Waals surface area contributed by atoms with Crippen LogP contribution in [0.5, 0.6) is 5.75 Å². The fourth-order valence-electron chi connectivity index (χ4n) is 3.61. The van der Waals surface area contributed by atoms with Gasteiger partial charge < -0.3 is 25.5 Å². The second-order valence-corrected chi connectivity index (χ2v) is 7.70. The number of ketones is 1. The van der Waals surface area contributed by atoms with Crippen LogP contribution in [0.4, 0.5) is 0 Å². The van der Waals surface area contributed by atoms with Crippen molar-refractivity contribution in [1.29, 1.82) is 0 Å². The number of aliphatic carboxylic acids is 4. The van der Waals surface area contributed by atoms with Gasteiger partial charge in [0, 0.05) is 24.2 Å². The Morgan fingerprint density at radius 2 is 1.00 bits per heavy atom. The molecular formula is C23H24N2O10. The van der Waals surface area contributed by atoms with Crippen LogP contribution in [0.15, 0.2) is 42.5 Å². The minimum Gasteiger partial charge on any atom is -0.508 e. The number of rotatable bonds is 14. The zero-order valence-corrected chi connectivity index (χ0v) is 18.5. The van der Waals surface area contributed by atoms with Gasteiger partial charge in [-0.15, -0.1) is 0 Å².